The number of aliphatic carboxylic acids is 4. The van der Waals surface area contributed by atoms with Gasteiger partial charge in [-0.1, -0.05) is 0 Å². The van der Waals surface area contributed by atoms with Crippen LogP contribution in [0.5, 0.6) is 0 Å². The molecule has 0 aliphatic rings. The van der Waals surface area contributed by atoms with Crippen molar-refractivity contribution in [2.24, 2.45) is 0 Å². The van der Waals surface area contributed by atoms with Gasteiger partial charge in [0.15, 0.2) is 0 Å². The third kappa shape index (κ3) is 26.6. The van der Waals surface area contributed by atoms with Crippen molar-refractivity contribution in [3.63, 3.8) is 0 Å². The van der Waals surface area contributed by atoms with Gasteiger partial charge in [-0.2, -0.15) is 0 Å². The number of hydrogen-bond acceptors (Lipinski definition) is 8. The maximum atomic E-state index is 10.5. The number of carboxylic acid groups (broad SMARTS) is 4. The van der Waals surface area contributed by atoms with E-state index in [1.54, 1.807) is 0 Å². The molecule has 0 fully saturated rings. The molecule has 25 heavy (non-hydrogen) atoms. The molecule has 0 heterocycles. The molecule has 0 aliphatic carbocycles. The van der Waals surface area contributed by atoms with Gasteiger partial charge in [-0.15, -0.1) is 0 Å². The molecule has 0 aromatic carbocycles. The Morgan fingerprint density at radius 3 is 1.12 bits per heavy atom. The fraction of sp³-hybridized carbons (Fsp3) is 0.600. The molecule has 0 aromatic heterocycles. The van der Waals surface area contributed by atoms with Gasteiger partial charge in [-0.25, -0.2) is 0 Å². The minimum Gasteiger partial charge on any atom is -0.549 e. The molecular weight excluding hydrogens is 413 g/mol. The van der Waals surface area contributed by atoms with Crippen molar-refractivity contribution in [2.45, 2.75) is 0 Å². The topological polar surface area (TPSA) is 224 Å². The van der Waals surface area contributed by atoms with Gasteiger partial charge in [-0.3, -0.25) is 19.4 Å². The molecular formula is C10H18N2Na2NiO10. The summed E-state index contributed by atoms with van der Waals surface area (Å²) in [7, 11) is 0. The van der Waals surface area contributed by atoms with Gasteiger partial charge < -0.3 is 41.0 Å². The Kier molecular flexibility index (Phi) is 35.6. The van der Waals surface area contributed by atoms with Crippen LogP contribution in [0.25, 0.3) is 0 Å². The molecule has 0 atom stereocenters. The first-order valence-corrected chi connectivity index (χ1v) is 5.48. The summed E-state index contributed by atoms with van der Waals surface area (Å²) in [5, 5.41) is 38.0. The molecule has 15 heteroatoms. The third-order valence-electron chi connectivity index (χ3n) is 2.16. The molecule has 6 N–H and O–H groups in total. The molecule has 0 amide bonds. The standard InChI is InChI=1S/C10H16N2O8.2Na.Ni.2H2O/c13-7(14)3-11(4-8(15)16)1-2-12(5-9(17)18)6-10(19)20;;;;;/h1-6H2,(H,13,14)(H,15,16)(H,17,18)(H,19,20);;;;2*1H2/q;2*+1;;;/p-2. The largest absolute Gasteiger partial charge is 1.00 e. The molecule has 0 saturated heterocycles. The summed E-state index contributed by atoms with van der Waals surface area (Å²) in [6.45, 7) is -2.75. The first-order chi connectivity index (χ1) is 9.20. The number of carboxylic acids is 4. The average molecular weight is 431 g/mol. The maximum Gasteiger partial charge on any atom is 1.00 e. The van der Waals surface area contributed by atoms with Gasteiger partial charge in [0.2, 0.25) is 0 Å². The summed E-state index contributed by atoms with van der Waals surface area (Å²) in [6, 6.07) is 0. The molecule has 12 nitrogen and oxygen atoms in total. The zero-order valence-corrected chi connectivity index (χ0v) is 18.8. The number of carbonyl (C=O) groups is 4. The predicted molar refractivity (Wildman–Crippen MR) is 65.4 cm³/mol. The molecule has 140 valence electrons. The van der Waals surface area contributed by atoms with Crippen molar-refractivity contribution in [3.05, 3.63) is 0 Å². The monoisotopic (exact) mass is 430 g/mol. The van der Waals surface area contributed by atoms with Gasteiger partial charge in [0, 0.05) is 42.7 Å². The molecule has 0 aliphatic heterocycles. The van der Waals surface area contributed by atoms with Gasteiger partial charge in [0.05, 0.1) is 25.0 Å². The van der Waals surface area contributed by atoms with Crippen molar-refractivity contribution in [2.75, 3.05) is 39.3 Å². The molecule has 0 aromatic rings. The van der Waals surface area contributed by atoms with Crippen molar-refractivity contribution < 1.29 is 126 Å². The summed E-state index contributed by atoms with van der Waals surface area (Å²) < 4.78 is 0. The summed E-state index contributed by atoms with van der Waals surface area (Å²) in [5.74, 6) is -5.52. The first-order valence-electron chi connectivity index (χ1n) is 5.48. The van der Waals surface area contributed by atoms with Crippen LogP contribution in [0.15, 0.2) is 0 Å². The second-order valence-electron chi connectivity index (χ2n) is 3.95. The zero-order chi connectivity index (χ0) is 15.7. The quantitative estimate of drug-likeness (QED) is 0.294. The molecule has 0 radical (unpaired) electrons. The van der Waals surface area contributed by atoms with Crippen LogP contribution in [0.3, 0.4) is 0 Å². The van der Waals surface area contributed by atoms with E-state index in [0.717, 1.165) is 9.80 Å². The second-order valence-corrected chi connectivity index (χ2v) is 3.95. The first kappa shape index (κ1) is 40.0. The Balaban J connectivity index is -0.000000180. The minimum absolute atomic E-state index is 0. The van der Waals surface area contributed by atoms with Crippen molar-refractivity contribution in [3.8, 4) is 0 Å². The fourth-order valence-electron chi connectivity index (χ4n) is 1.46. The number of rotatable bonds is 11. The Hall–Kier alpha value is 0.214. The van der Waals surface area contributed by atoms with E-state index >= 15 is 0 Å². The molecule has 0 saturated carbocycles. The van der Waals surface area contributed by atoms with E-state index < -0.39 is 50.1 Å². The van der Waals surface area contributed by atoms with Crippen LogP contribution in [0.2, 0.25) is 0 Å². The predicted octanol–water partition coefficient (Wildman–Crippen LogP) is -12.4. The van der Waals surface area contributed by atoms with Crippen LogP contribution in [-0.2, 0) is 35.7 Å². The smallest absolute Gasteiger partial charge is 0.549 e. The Bertz CT molecular complexity index is 334. The van der Waals surface area contributed by atoms with Crippen LogP contribution in [0, 0.1) is 0 Å². The van der Waals surface area contributed by atoms with Gasteiger partial charge >= 0.3 is 71.1 Å². The van der Waals surface area contributed by atoms with E-state index in [1.165, 1.54) is 0 Å². The SMILES string of the molecule is O.O.O=C([O-])CN(CCN(CC(=O)O)CC(=O)O)CC(=O)[O-].[Na+].[Na+].[Ni]. The number of nitrogens with zero attached hydrogens (tertiary/aromatic N) is 2. The van der Waals surface area contributed by atoms with E-state index in [2.05, 4.69) is 0 Å². The average Bonchev–Trinajstić information content (AvgIpc) is 2.22. The van der Waals surface area contributed by atoms with Crippen LogP contribution < -0.4 is 69.3 Å². The minimum atomic E-state index is -1.51. The summed E-state index contributed by atoms with van der Waals surface area (Å²) in [6.07, 6.45) is 0. The van der Waals surface area contributed by atoms with Crippen LogP contribution in [0.1, 0.15) is 0 Å². The zero-order valence-electron chi connectivity index (χ0n) is 13.8. The molecule has 0 unspecified atom stereocenters. The number of hydrogen-bond donors (Lipinski definition) is 2. The van der Waals surface area contributed by atoms with Crippen LogP contribution >= 0.6 is 0 Å². The summed E-state index contributed by atoms with van der Waals surface area (Å²) in [5.41, 5.74) is 0. The normalized spacial score (nSPS) is 8.56. The third-order valence-corrected chi connectivity index (χ3v) is 2.16. The number of carbonyl (C=O) groups excluding carboxylic acids is 2. The second kappa shape index (κ2) is 22.3. The van der Waals surface area contributed by atoms with E-state index in [9.17, 15) is 29.4 Å². The van der Waals surface area contributed by atoms with E-state index in [4.69, 9.17) is 10.2 Å². The summed E-state index contributed by atoms with van der Waals surface area (Å²) >= 11 is 0. The molecule has 0 spiro atoms. The van der Waals surface area contributed by atoms with E-state index in [0.29, 0.717) is 0 Å². The van der Waals surface area contributed by atoms with E-state index in [-0.39, 0.29) is 99.6 Å². The van der Waals surface area contributed by atoms with Gasteiger partial charge in [-0.05, 0) is 0 Å². The van der Waals surface area contributed by atoms with Crippen LogP contribution in [0.4, 0.5) is 0 Å². The Labute approximate surface area is 197 Å². The Morgan fingerprint density at radius 2 is 0.920 bits per heavy atom. The summed E-state index contributed by atoms with van der Waals surface area (Å²) in [4.78, 5) is 43.9. The van der Waals surface area contributed by atoms with Gasteiger partial charge in [0.25, 0.3) is 0 Å². The fourth-order valence-corrected chi connectivity index (χ4v) is 1.46. The van der Waals surface area contributed by atoms with Crippen molar-refractivity contribution >= 4 is 23.9 Å². The van der Waals surface area contributed by atoms with Crippen molar-refractivity contribution in [1.82, 2.24) is 9.80 Å². The van der Waals surface area contributed by atoms with Gasteiger partial charge in [0.1, 0.15) is 0 Å². The molecule has 0 rings (SSSR count). The molecule has 0 bridgehead atoms. The maximum absolute atomic E-state index is 10.5. The van der Waals surface area contributed by atoms with Crippen LogP contribution in [-0.4, -0.2) is 94.1 Å². The Morgan fingerprint density at radius 1 is 0.680 bits per heavy atom. The van der Waals surface area contributed by atoms with E-state index in [1.807, 2.05) is 0 Å². The van der Waals surface area contributed by atoms with Crippen molar-refractivity contribution in [1.29, 1.82) is 0 Å².